The Morgan fingerprint density at radius 2 is 2.10 bits per heavy atom. The van der Waals surface area contributed by atoms with Crippen LogP contribution in [-0.4, -0.2) is 18.3 Å². The Balaban J connectivity index is 1.75. The Bertz CT molecular complexity index is 509. The Morgan fingerprint density at radius 3 is 2.70 bits per heavy atom. The summed E-state index contributed by atoms with van der Waals surface area (Å²) in [5.74, 6) is 0.659. The zero-order valence-corrected chi connectivity index (χ0v) is 13.6. The molecule has 1 aliphatic heterocycles. The Labute approximate surface area is 130 Å². The summed E-state index contributed by atoms with van der Waals surface area (Å²) in [6, 6.07) is 5.24. The lowest BCUT2D eigenvalue weighted by molar-refractivity contribution is 0.320. The molecule has 0 saturated carbocycles. The van der Waals surface area contributed by atoms with Crippen LogP contribution in [0.2, 0.25) is 10.0 Å². The summed E-state index contributed by atoms with van der Waals surface area (Å²) in [5.41, 5.74) is 1.38. The highest BCUT2D eigenvalue weighted by Gasteiger charge is 2.46. The van der Waals surface area contributed by atoms with Gasteiger partial charge >= 0.3 is 0 Å². The van der Waals surface area contributed by atoms with Crippen molar-refractivity contribution >= 4 is 23.2 Å². The first-order valence-corrected chi connectivity index (χ1v) is 7.55. The van der Waals surface area contributed by atoms with E-state index >= 15 is 0 Å². The van der Waals surface area contributed by atoms with Gasteiger partial charge in [0.2, 0.25) is 0 Å². The molecule has 0 aliphatic carbocycles. The van der Waals surface area contributed by atoms with Crippen molar-refractivity contribution in [2.24, 2.45) is 0 Å². The van der Waals surface area contributed by atoms with E-state index in [1.165, 1.54) is 5.57 Å². The number of halogens is 2. The number of benzene rings is 1. The minimum atomic E-state index is 0.0770. The lowest BCUT2D eigenvalue weighted by Crippen LogP contribution is -2.03. The molecular formula is C16H20Cl2O2. The van der Waals surface area contributed by atoms with Gasteiger partial charge in [0.05, 0.1) is 16.7 Å². The molecule has 1 aromatic rings. The molecule has 1 saturated heterocycles. The number of allylic oxidation sites excluding steroid dienone is 1. The summed E-state index contributed by atoms with van der Waals surface area (Å²) in [6.45, 7) is 6.88. The molecule has 2 rings (SSSR count). The SMILES string of the molecule is C/C(=C\COc1ccc(Cl)cc1Cl)CCC1OC1(C)C. The Hall–Kier alpha value is -0.700. The van der Waals surface area contributed by atoms with Gasteiger partial charge in [0.1, 0.15) is 12.4 Å². The van der Waals surface area contributed by atoms with Gasteiger partial charge in [-0.1, -0.05) is 28.8 Å². The molecule has 2 nitrogen and oxygen atoms in total. The van der Waals surface area contributed by atoms with E-state index in [4.69, 9.17) is 32.7 Å². The normalized spacial score (nSPS) is 20.9. The van der Waals surface area contributed by atoms with Crippen LogP contribution in [0.15, 0.2) is 29.8 Å². The van der Waals surface area contributed by atoms with Crippen LogP contribution in [-0.2, 0) is 4.74 Å². The number of hydrogen-bond donors (Lipinski definition) is 0. The summed E-state index contributed by atoms with van der Waals surface area (Å²) in [4.78, 5) is 0. The van der Waals surface area contributed by atoms with Crippen molar-refractivity contribution in [3.8, 4) is 5.75 Å². The van der Waals surface area contributed by atoms with Crippen LogP contribution in [0.3, 0.4) is 0 Å². The second-order valence-corrected chi connectivity index (χ2v) is 6.53. The minimum absolute atomic E-state index is 0.0770. The summed E-state index contributed by atoms with van der Waals surface area (Å²) in [5, 5.41) is 1.15. The van der Waals surface area contributed by atoms with Gasteiger partial charge in [-0.15, -0.1) is 0 Å². The van der Waals surface area contributed by atoms with E-state index < -0.39 is 0 Å². The van der Waals surface area contributed by atoms with E-state index in [0.29, 0.717) is 28.5 Å². The molecule has 0 N–H and O–H groups in total. The zero-order chi connectivity index (χ0) is 14.8. The van der Waals surface area contributed by atoms with Gasteiger partial charge in [-0.3, -0.25) is 0 Å². The summed E-state index contributed by atoms with van der Waals surface area (Å²) in [7, 11) is 0. The topological polar surface area (TPSA) is 21.8 Å². The monoisotopic (exact) mass is 314 g/mol. The van der Waals surface area contributed by atoms with Gasteiger partial charge in [-0.2, -0.15) is 0 Å². The van der Waals surface area contributed by atoms with Gasteiger partial charge in [0.25, 0.3) is 0 Å². The van der Waals surface area contributed by atoms with Crippen molar-refractivity contribution in [1.29, 1.82) is 0 Å². The lowest BCUT2D eigenvalue weighted by atomic mass is 10.0. The van der Waals surface area contributed by atoms with Crippen LogP contribution in [0.25, 0.3) is 0 Å². The van der Waals surface area contributed by atoms with Crippen molar-refractivity contribution in [3.63, 3.8) is 0 Å². The van der Waals surface area contributed by atoms with Gasteiger partial charge in [-0.25, -0.2) is 0 Å². The van der Waals surface area contributed by atoms with E-state index in [9.17, 15) is 0 Å². The van der Waals surface area contributed by atoms with E-state index in [1.807, 2.05) is 0 Å². The predicted molar refractivity (Wildman–Crippen MR) is 83.9 cm³/mol. The molecule has 1 aromatic carbocycles. The molecule has 1 atom stereocenters. The van der Waals surface area contributed by atoms with Crippen LogP contribution >= 0.6 is 23.2 Å². The van der Waals surface area contributed by atoms with Gasteiger partial charge < -0.3 is 9.47 Å². The van der Waals surface area contributed by atoms with Crippen molar-refractivity contribution < 1.29 is 9.47 Å². The highest BCUT2D eigenvalue weighted by molar-refractivity contribution is 6.35. The largest absolute Gasteiger partial charge is 0.488 e. The predicted octanol–water partition coefficient (Wildman–Crippen LogP) is 5.28. The number of ether oxygens (including phenoxy) is 2. The molecule has 1 unspecified atom stereocenters. The first kappa shape index (κ1) is 15.7. The van der Waals surface area contributed by atoms with Crippen molar-refractivity contribution in [3.05, 3.63) is 39.9 Å². The summed E-state index contributed by atoms with van der Waals surface area (Å²) in [6.07, 6.45) is 4.58. The maximum atomic E-state index is 6.04. The van der Waals surface area contributed by atoms with Crippen LogP contribution in [0.4, 0.5) is 0 Å². The fourth-order valence-corrected chi connectivity index (χ4v) is 2.53. The molecular weight excluding hydrogens is 295 g/mol. The Kier molecular flexibility index (Phi) is 5.00. The molecule has 1 heterocycles. The maximum Gasteiger partial charge on any atom is 0.138 e. The molecule has 0 spiro atoms. The first-order valence-electron chi connectivity index (χ1n) is 6.80. The second-order valence-electron chi connectivity index (χ2n) is 5.68. The van der Waals surface area contributed by atoms with Crippen molar-refractivity contribution in [2.45, 2.75) is 45.3 Å². The third kappa shape index (κ3) is 4.41. The number of epoxide rings is 1. The zero-order valence-electron chi connectivity index (χ0n) is 12.1. The molecule has 0 amide bonds. The third-order valence-corrected chi connectivity index (χ3v) is 4.06. The quantitative estimate of drug-likeness (QED) is 0.526. The van der Waals surface area contributed by atoms with E-state index in [2.05, 4.69) is 26.8 Å². The fourth-order valence-electron chi connectivity index (χ4n) is 2.07. The van der Waals surface area contributed by atoms with E-state index in [0.717, 1.165) is 12.8 Å². The van der Waals surface area contributed by atoms with Crippen LogP contribution in [0.1, 0.15) is 33.6 Å². The average Bonchev–Trinajstić information content (AvgIpc) is 2.97. The summed E-state index contributed by atoms with van der Waals surface area (Å²) >= 11 is 11.9. The highest BCUT2D eigenvalue weighted by atomic mass is 35.5. The number of hydrogen-bond acceptors (Lipinski definition) is 2. The van der Waals surface area contributed by atoms with Crippen molar-refractivity contribution in [1.82, 2.24) is 0 Å². The molecule has 0 aromatic heterocycles. The maximum absolute atomic E-state index is 6.04. The molecule has 110 valence electrons. The van der Waals surface area contributed by atoms with Crippen LogP contribution in [0, 0.1) is 0 Å². The standard InChI is InChI=1S/C16H20Cl2O2/c1-11(4-7-15-16(2,3)20-15)8-9-19-14-6-5-12(17)10-13(14)18/h5-6,8,10,15H,4,7,9H2,1-3H3/b11-8+. The minimum Gasteiger partial charge on any atom is -0.488 e. The lowest BCUT2D eigenvalue weighted by Gasteiger charge is -2.07. The van der Waals surface area contributed by atoms with Crippen LogP contribution in [0.5, 0.6) is 5.75 Å². The highest BCUT2D eigenvalue weighted by Crippen LogP contribution is 2.38. The van der Waals surface area contributed by atoms with Crippen molar-refractivity contribution in [2.75, 3.05) is 6.61 Å². The fraction of sp³-hybridized carbons (Fsp3) is 0.500. The van der Waals surface area contributed by atoms with Gasteiger partial charge in [0.15, 0.2) is 0 Å². The second kappa shape index (κ2) is 6.38. The number of rotatable bonds is 6. The summed E-state index contributed by atoms with van der Waals surface area (Å²) < 4.78 is 11.2. The smallest absolute Gasteiger partial charge is 0.138 e. The Morgan fingerprint density at radius 1 is 1.40 bits per heavy atom. The molecule has 0 bridgehead atoms. The molecule has 4 heteroatoms. The van der Waals surface area contributed by atoms with E-state index in [-0.39, 0.29) is 5.60 Å². The third-order valence-electron chi connectivity index (χ3n) is 3.53. The average molecular weight is 315 g/mol. The first-order chi connectivity index (χ1) is 9.38. The molecule has 1 fully saturated rings. The van der Waals surface area contributed by atoms with Crippen LogP contribution < -0.4 is 4.74 Å². The van der Waals surface area contributed by atoms with Gasteiger partial charge in [-0.05, 0) is 57.9 Å². The molecule has 0 radical (unpaired) electrons. The van der Waals surface area contributed by atoms with E-state index in [1.54, 1.807) is 18.2 Å². The van der Waals surface area contributed by atoms with Gasteiger partial charge in [0, 0.05) is 5.02 Å². The molecule has 1 aliphatic rings. The molecule has 20 heavy (non-hydrogen) atoms.